The zero-order valence-corrected chi connectivity index (χ0v) is 8.39. The molecular weight excluding hydrogens is 203 g/mol. The highest BCUT2D eigenvalue weighted by atomic mass is 35.5. The van der Waals surface area contributed by atoms with Crippen LogP contribution in [0.15, 0.2) is 18.2 Å². The molecule has 0 saturated heterocycles. The Bertz CT molecular complexity index is 337. The first kappa shape index (κ1) is 9.74. The quantitative estimate of drug-likeness (QED) is 0.794. The number of anilines is 1. The molecule has 1 aliphatic carbocycles. The molecule has 0 aliphatic heterocycles. The van der Waals surface area contributed by atoms with E-state index in [0.717, 1.165) is 18.5 Å². The van der Waals surface area contributed by atoms with E-state index in [9.17, 15) is 4.39 Å². The van der Waals surface area contributed by atoms with Gasteiger partial charge in [0.25, 0.3) is 0 Å². The Morgan fingerprint density at radius 2 is 2.14 bits per heavy atom. The van der Waals surface area contributed by atoms with Crippen molar-refractivity contribution < 1.29 is 4.39 Å². The molecule has 0 radical (unpaired) electrons. The minimum Gasteiger partial charge on any atom is -0.381 e. The third-order valence-electron chi connectivity index (χ3n) is 2.47. The normalized spacial score (nSPS) is 25.6. The Hall–Kier alpha value is -0.800. The molecule has 1 aromatic rings. The van der Waals surface area contributed by atoms with E-state index >= 15 is 0 Å². The summed E-state index contributed by atoms with van der Waals surface area (Å²) < 4.78 is 12.7. The molecule has 0 aromatic heterocycles. The van der Waals surface area contributed by atoms with Gasteiger partial charge in [-0.3, -0.25) is 0 Å². The Kier molecular flexibility index (Phi) is 2.61. The van der Waals surface area contributed by atoms with Gasteiger partial charge in [-0.25, -0.2) is 4.39 Å². The van der Waals surface area contributed by atoms with Gasteiger partial charge in [0.15, 0.2) is 0 Å². The Morgan fingerprint density at radius 1 is 1.43 bits per heavy atom. The number of benzene rings is 1. The van der Waals surface area contributed by atoms with Gasteiger partial charge in [0.05, 0.1) is 10.7 Å². The van der Waals surface area contributed by atoms with Crippen molar-refractivity contribution in [2.24, 2.45) is 5.73 Å². The van der Waals surface area contributed by atoms with E-state index in [1.807, 2.05) is 0 Å². The highest BCUT2D eigenvalue weighted by molar-refractivity contribution is 6.33. The molecule has 76 valence electrons. The van der Waals surface area contributed by atoms with Crippen LogP contribution in [0.3, 0.4) is 0 Å². The lowest BCUT2D eigenvalue weighted by molar-refractivity contribution is 0.373. The topological polar surface area (TPSA) is 38.0 Å². The molecule has 0 heterocycles. The van der Waals surface area contributed by atoms with Crippen LogP contribution in [0.2, 0.25) is 5.02 Å². The number of hydrogen-bond donors (Lipinski definition) is 2. The highest BCUT2D eigenvalue weighted by Crippen LogP contribution is 2.27. The second kappa shape index (κ2) is 3.75. The SMILES string of the molecule is NC1CC(Nc2ccc(F)cc2Cl)C1. The van der Waals surface area contributed by atoms with Gasteiger partial charge in [-0.2, -0.15) is 0 Å². The van der Waals surface area contributed by atoms with Crippen molar-refractivity contribution in [3.8, 4) is 0 Å². The van der Waals surface area contributed by atoms with Crippen LogP contribution < -0.4 is 11.1 Å². The van der Waals surface area contributed by atoms with Gasteiger partial charge >= 0.3 is 0 Å². The van der Waals surface area contributed by atoms with Crippen LogP contribution in [0.25, 0.3) is 0 Å². The lowest BCUT2D eigenvalue weighted by Crippen LogP contribution is -2.44. The zero-order valence-electron chi connectivity index (χ0n) is 7.63. The smallest absolute Gasteiger partial charge is 0.124 e. The molecule has 3 N–H and O–H groups in total. The fraction of sp³-hybridized carbons (Fsp3) is 0.400. The molecule has 0 unspecified atom stereocenters. The summed E-state index contributed by atoms with van der Waals surface area (Å²) in [5, 5.41) is 3.65. The second-order valence-electron chi connectivity index (χ2n) is 3.70. The maximum absolute atomic E-state index is 12.7. The molecule has 14 heavy (non-hydrogen) atoms. The maximum Gasteiger partial charge on any atom is 0.124 e. The predicted octanol–water partition coefficient (Wildman–Crippen LogP) is 2.38. The molecule has 0 bridgehead atoms. The van der Waals surface area contributed by atoms with Crippen molar-refractivity contribution in [1.82, 2.24) is 0 Å². The molecule has 4 heteroatoms. The first-order chi connectivity index (χ1) is 6.65. The van der Waals surface area contributed by atoms with Crippen LogP contribution >= 0.6 is 11.6 Å². The van der Waals surface area contributed by atoms with Crippen molar-refractivity contribution >= 4 is 17.3 Å². The van der Waals surface area contributed by atoms with Gasteiger partial charge in [-0.1, -0.05) is 11.6 Å². The lowest BCUT2D eigenvalue weighted by Gasteiger charge is -2.34. The van der Waals surface area contributed by atoms with E-state index in [2.05, 4.69) is 5.32 Å². The lowest BCUT2D eigenvalue weighted by atomic mass is 9.87. The largest absolute Gasteiger partial charge is 0.381 e. The summed E-state index contributed by atoms with van der Waals surface area (Å²) in [5.41, 5.74) is 6.43. The third-order valence-corrected chi connectivity index (χ3v) is 2.78. The van der Waals surface area contributed by atoms with Crippen molar-refractivity contribution in [3.63, 3.8) is 0 Å². The fourth-order valence-corrected chi connectivity index (χ4v) is 1.83. The van der Waals surface area contributed by atoms with Crippen molar-refractivity contribution in [3.05, 3.63) is 29.0 Å². The fourth-order valence-electron chi connectivity index (χ4n) is 1.61. The summed E-state index contributed by atoms with van der Waals surface area (Å²) in [6.45, 7) is 0. The molecule has 2 nitrogen and oxygen atoms in total. The third kappa shape index (κ3) is 1.99. The average Bonchev–Trinajstić information content (AvgIpc) is 2.06. The average molecular weight is 215 g/mol. The first-order valence-corrected chi connectivity index (χ1v) is 5.00. The number of nitrogens with one attached hydrogen (secondary N) is 1. The van der Waals surface area contributed by atoms with E-state index in [0.29, 0.717) is 17.1 Å². The van der Waals surface area contributed by atoms with Gasteiger partial charge in [0.1, 0.15) is 5.82 Å². The zero-order chi connectivity index (χ0) is 10.1. The summed E-state index contributed by atoms with van der Waals surface area (Å²) in [6.07, 6.45) is 1.90. The van der Waals surface area contributed by atoms with Crippen LogP contribution in [0, 0.1) is 5.82 Å². The minimum absolute atomic E-state index is 0.298. The van der Waals surface area contributed by atoms with E-state index < -0.39 is 0 Å². The van der Waals surface area contributed by atoms with Gasteiger partial charge in [-0.05, 0) is 31.0 Å². The van der Waals surface area contributed by atoms with Gasteiger partial charge < -0.3 is 11.1 Å². The Balaban J connectivity index is 2.02. The van der Waals surface area contributed by atoms with Crippen LogP contribution in [0.4, 0.5) is 10.1 Å². The van der Waals surface area contributed by atoms with Crippen LogP contribution in [-0.4, -0.2) is 12.1 Å². The van der Waals surface area contributed by atoms with Crippen molar-refractivity contribution in [2.75, 3.05) is 5.32 Å². The van der Waals surface area contributed by atoms with E-state index in [-0.39, 0.29) is 5.82 Å². The Labute approximate surface area is 87.2 Å². The predicted molar refractivity (Wildman–Crippen MR) is 56.0 cm³/mol. The van der Waals surface area contributed by atoms with E-state index in [1.54, 1.807) is 6.07 Å². The minimum atomic E-state index is -0.314. The number of hydrogen-bond acceptors (Lipinski definition) is 2. The maximum atomic E-state index is 12.7. The molecular formula is C10H12ClFN2. The number of rotatable bonds is 2. The van der Waals surface area contributed by atoms with Crippen LogP contribution in [0.5, 0.6) is 0 Å². The van der Waals surface area contributed by atoms with Gasteiger partial charge in [-0.15, -0.1) is 0 Å². The molecule has 1 aliphatic rings. The van der Waals surface area contributed by atoms with Crippen LogP contribution in [0.1, 0.15) is 12.8 Å². The van der Waals surface area contributed by atoms with Crippen molar-refractivity contribution in [2.45, 2.75) is 24.9 Å². The molecule has 1 fully saturated rings. The number of halogens is 2. The summed E-state index contributed by atoms with van der Waals surface area (Å²) in [6, 6.07) is 5.04. The van der Waals surface area contributed by atoms with E-state index in [4.69, 9.17) is 17.3 Å². The second-order valence-corrected chi connectivity index (χ2v) is 4.10. The van der Waals surface area contributed by atoms with E-state index in [1.165, 1.54) is 12.1 Å². The molecule has 1 saturated carbocycles. The van der Waals surface area contributed by atoms with Gasteiger partial charge in [0.2, 0.25) is 0 Å². The van der Waals surface area contributed by atoms with Crippen molar-refractivity contribution in [1.29, 1.82) is 0 Å². The summed E-state index contributed by atoms with van der Waals surface area (Å²) in [7, 11) is 0. The molecule has 1 aromatic carbocycles. The summed E-state index contributed by atoms with van der Waals surface area (Å²) in [5.74, 6) is -0.314. The number of nitrogens with two attached hydrogens (primary N) is 1. The highest BCUT2D eigenvalue weighted by Gasteiger charge is 2.25. The summed E-state index contributed by atoms with van der Waals surface area (Å²) >= 11 is 5.86. The molecule has 0 amide bonds. The molecule has 0 spiro atoms. The Morgan fingerprint density at radius 3 is 2.71 bits per heavy atom. The van der Waals surface area contributed by atoms with Gasteiger partial charge in [0, 0.05) is 12.1 Å². The molecule has 0 atom stereocenters. The summed E-state index contributed by atoms with van der Waals surface area (Å²) in [4.78, 5) is 0. The molecule has 2 rings (SSSR count). The first-order valence-electron chi connectivity index (χ1n) is 4.62. The monoisotopic (exact) mass is 214 g/mol. The van der Waals surface area contributed by atoms with Crippen LogP contribution in [-0.2, 0) is 0 Å². The standard InChI is InChI=1S/C10H12ClFN2/c11-9-3-6(12)1-2-10(9)14-8-4-7(13)5-8/h1-3,7-8,14H,4-5,13H2.